The van der Waals surface area contributed by atoms with Crippen LogP contribution in [0.25, 0.3) is 22.7 Å². The van der Waals surface area contributed by atoms with Gasteiger partial charge in [0.05, 0.1) is 25.0 Å². The first-order valence-electron chi connectivity index (χ1n) is 14.7. The van der Waals surface area contributed by atoms with Gasteiger partial charge in [0.25, 0.3) is 11.9 Å². The highest BCUT2D eigenvalue weighted by Crippen LogP contribution is 2.39. The zero-order chi connectivity index (χ0) is 30.4. The van der Waals surface area contributed by atoms with Crippen molar-refractivity contribution in [2.24, 2.45) is 0 Å². The van der Waals surface area contributed by atoms with E-state index in [1.54, 1.807) is 18.3 Å². The number of aryl methyl sites for hydroxylation is 1. The lowest BCUT2D eigenvalue weighted by Gasteiger charge is -2.38. The molecule has 1 unspecified atom stereocenters. The van der Waals surface area contributed by atoms with Gasteiger partial charge < -0.3 is 33.1 Å². The van der Waals surface area contributed by atoms with Crippen LogP contribution in [0.5, 0.6) is 0 Å². The van der Waals surface area contributed by atoms with E-state index in [0.29, 0.717) is 67.5 Å². The van der Waals surface area contributed by atoms with Gasteiger partial charge in [-0.05, 0) is 43.6 Å². The van der Waals surface area contributed by atoms with Crippen molar-refractivity contribution in [3.8, 4) is 11.5 Å². The second-order valence-electron chi connectivity index (χ2n) is 12.7. The molecule has 2 aliphatic heterocycles. The zero-order valence-electron chi connectivity index (χ0n) is 25.6. The summed E-state index contributed by atoms with van der Waals surface area (Å²) in [6.07, 6.45) is 3.98. The molecule has 0 aromatic carbocycles. The number of oxazole rings is 2. The molecular weight excluding hydrogens is 566 g/mol. The maximum atomic E-state index is 13.5. The van der Waals surface area contributed by atoms with E-state index in [4.69, 9.17) is 28.0 Å². The van der Waals surface area contributed by atoms with Crippen LogP contribution in [-0.4, -0.2) is 79.7 Å². The molecule has 1 N–H and O–H groups in total. The first-order chi connectivity index (χ1) is 20.5. The number of pyridine rings is 2. The van der Waals surface area contributed by atoms with Crippen LogP contribution in [0.1, 0.15) is 43.4 Å². The summed E-state index contributed by atoms with van der Waals surface area (Å²) in [5.41, 5.74) is 3.22. The largest absolute Gasteiger partial charge is 0.444 e. The number of hydrogen-bond acceptors (Lipinski definition) is 11. The standard InChI is InChI=1S/C30H39N7O5Si/c1-19-15-20(7-9-31-19)28-33-23(18-40-28)27(38)32-22-16-24-25(35-29(41-24)36-11-13-39-14-12-36)34-26(22)37-10-8-21(17-37)42-43(5,6)30(2,3)4/h7,9,15-16,18,21H,8,10-14,17H2,1-6H3,(H,32,38). The van der Waals surface area contributed by atoms with Crippen LogP contribution in [0, 0.1) is 6.92 Å². The van der Waals surface area contributed by atoms with Crippen LogP contribution in [0.15, 0.2) is 39.5 Å². The van der Waals surface area contributed by atoms with Crippen molar-refractivity contribution >= 4 is 43.0 Å². The maximum Gasteiger partial charge on any atom is 0.300 e. The summed E-state index contributed by atoms with van der Waals surface area (Å²) >= 11 is 0. The molecular formula is C30H39N7O5Si. The van der Waals surface area contributed by atoms with E-state index in [9.17, 15) is 4.79 Å². The number of morpholine rings is 1. The molecule has 2 saturated heterocycles. The van der Waals surface area contributed by atoms with Gasteiger partial charge in [0.2, 0.25) is 11.5 Å². The minimum Gasteiger partial charge on any atom is -0.444 e. The minimum atomic E-state index is -1.96. The molecule has 0 spiro atoms. The predicted molar refractivity (Wildman–Crippen MR) is 166 cm³/mol. The molecule has 4 aromatic rings. The number of anilines is 3. The Bertz CT molecular complexity index is 1620. The molecule has 0 aliphatic carbocycles. The molecule has 6 heterocycles. The number of carbonyl (C=O) groups excluding carboxylic acids is 1. The van der Waals surface area contributed by atoms with Gasteiger partial charge in [0.15, 0.2) is 25.4 Å². The van der Waals surface area contributed by atoms with Gasteiger partial charge in [-0.15, -0.1) is 0 Å². The van der Waals surface area contributed by atoms with Gasteiger partial charge in [-0.3, -0.25) is 9.78 Å². The number of ether oxygens (including phenoxy) is 1. The lowest BCUT2D eigenvalue weighted by molar-refractivity contribution is 0.102. The molecule has 0 bridgehead atoms. The fraction of sp³-hybridized carbons (Fsp3) is 0.500. The minimum absolute atomic E-state index is 0.0741. The summed E-state index contributed by atoms with van der Waals surface area (Å²) in [4.78, 5) is 35.9. The highest BCUT2D eigenvalue weighted by atomic mass is 28.4. The fourth-order valence-electron chi connectivity index (χ4n) is 5.05. The van der Waals surface area contributed by atoms with Gasteiger partial charge in [-0.25, -0.2) is 9.97 Å². The number of hydrogen-bond donors (Lipinski definition) is 1. The Labute approximate surface area is 251 Å². The van der Waals surface area contributed by atoms with Crippen LogP contribution >= 0.6 is 0 Å². The first kappa shape index (κ1) is 29.3. The van der Waals surface area contributed by atoms with Crippen LogP contribution in [0.4, 0.5) is 17.5 Å². The molecule has 228 valence electrons. The number of amides is 1. The van der Waals surface area contributed by atoms with Crippen molar-refractivity contribution in [2.75, 3.05) is 54.5 Å². The molecule has 1 amide bonds. The Hall–Kier alpha value is -3.81. The summed E-state index contributed by atoms with van der Waals surface area (Å²) in [6, 6.07) is 5.94. The Morgan fingerprint density at radius 1 is 1.09 bits per heavy atom. The number of fused-ring (bicyclic) bond motifs is 1. The van der Waals surface area contributed by atoms with Gasteiger partial charge in [-0.1, -0.05) is 20.8 Å². The number of carbonyl (C=O) groups is 1. The Balaban J connectivity index is 1.29. The van der Waals surface area contributed by atoms with Crippen LogP contribution in [-0.2, 0) is 9.16 Å². The maximum absolute atomic E-state index is 13.5. The lowest BCUT2D eigenvalue weighted by Crippen LogP contribution is -2.44. The average Bonchev–Trinajstić information content (AvgIpc) is 3.72. The van der Waals surface area contributed by atoms with Gasteiger partial charge >= 0.3 is 0 Å². The molecule has 2 fully saturated rings. The van der Waals surface area contributed by atoms with Gasteiger partial charge in [-0.2, -0.15) is 4.98 Å². The number of nitrogens with zero attached hydrogens (tertiary/aromatic N) is 6. The number of nitrogens with one attached hydrogen (secondary N) is 1. The SMILES string of the molecule is Cc1cc(-c2nc(C(=O)Nc3cc4oc(N5CCOCC5)nc4nc3N3CCC(O[Si](C)(C)C(C)(C)C)C3)co2)ccn1. The third-order valence-corrected chi connectivity index (χ3v) is 13.0. The van der Waals surface area contributed by atoms with Crippen LogP contribution in [0.3, 0.4) is 0 Å². The Kier molecular flexibility index (Phi) is 7.73. The van der Waals surface area contributed by atoms with E-state index in [-0.39, 0.29) is 16.8 Å². The van der Waals surface area contributed by atoms with Crippen LogP contribution < -0.4 is 15.1 Å². The van der Waals surface area contributed by atoms with Crippen LogP contribution in [0.2, 0.25) is 18.1 Å². The average molecular weight is 606 g/mol. The summed E-state index contributed by atoms with van der Waals surface area (Å²) in [6.45, 7) is 17.2. The van der Waals surface area contributed by atoms with E-state index < -0.39 is 14.2 Å². The smallest absolute Gasteiger partial charge is 0.300 e. The monoisotopic (exact) mass is 605 g/mol. The predicted octanol–water partition coefficient (Wildman–Crippen LogP) is 5.27. The molecule has 0 radical (unpaired) electrons. The normalized spacial score (nSPS) is 18.0. The van der Waals surface area contributed by atoms with E-state index in [1.165, 1.54) is 6.26 Å². The quantitative estimate of drug-likeness (QED) is 0.276. The molecule has 2 aliphatic rings. The van der Waals surface area contributed by atoms with Crippen molar-refractivity contribution in [2.45, 2.75) is 58.4 Å². The van der Waals surface area contributed by atoms with Gasteiger partial charge in [0.1, 0.15) is 6.26 Å². The van der Waals surface area contributed by atoms with Crippen molar-refractivity contribution < 1.29 is 22.8 Å². The highest BCUT2D eigenvalue weighted by molar-refractivity contribution is 6.74. The zero-order valence-corrected chi connectivity index (χ0v) is 26.6. The lowest BCUT2D eigenvalue weighted by atomic mass is 10.2. The third kappa shape index (κ3) is 6.15. The molecule has 0 saturated carbocycles. The Morgan fingerprint density at radius 3 is 2.63 bits per heavy atom. The molecule has 12 nitrogen and oxygen atoms in total. The van der Waals surface area contributed by atoms with Crippen molar-refractivity contribution in [3.63, 3.8) is 0 Å². The second-order valence-corrected chi connectivity index (χ2v) is 17.4. The summed E-state index contributed by atoms with van der Waals surface area (Å²) in [7, 11) is -1.96. The highest BCUT2D eigenvalue weighted by Gasteiger charge is 2.41. The summed E-state index contributed by atoms with van der Waals surface area (Å²) in [5.74, 6) is 0.557. The number of rotatable bonds is 7. The van der Waals surface area contributed by atoms with E-state index in [1.807, 2.05) is 17.9 Å². The molecule has 4 aromatic heterocycles. The molecule has 43 heavy (non-hydrogen) atoms. The van der Waals surface area contributed by atoms with Crippen molar-refractivity contribution in [1.29, 1.82) is 0 Å². The molecule has 13 heteroatoms. The fourth-order valence-corrected chi connectivity index (χ4v) is 6.43. The Morgan fingerprint density at radius 2 is 1.88 bits per heavy atom. The van der Waals surface area contributed by atoms with Crippen molar-refractivity contribution in [3.05, 3.63) is 42.0 Å². The van der Waals surface area contributed by atoms with E-state index >= 15 is 0 Å². The van der Waals surface area contributed by atoms with Crippen molar-refractivity contribution in [1.82, 2.24) is 19.9 Å². The summed E-state index contributed by atoms with van der Waals surface area (Å²) in [5, 5.41) is 3.13. The molecule has 1 atom stereocenters. The third-order valence-electron chi connectivity index (χ3n) is 8.47. The summed E-state index contributed by atoms with van der Waals surface area (Å²) < 4.78 is 24.0. The second kappa shape index (κ2) is 11.4. The topological polar surface area (TPSA) is 132 Å². The molecule has 6 rings (SSSR count). The van der Waals surface area contributed by atoms with E-state index in [0.717, 1.165) is 24.2 Å². The first-order valence-corrected chi connectivity index (χ1v) is 17.6. The number of aromatic nitrogens is 4. The van der Waals surface area contributed by atoms with Gasteiger partial charge in [0, 0.05) is 49.7 Å². The van der Waals surface area contributed by atoms with E-state index in [2.05, 4.69) is 54.0 Å².